The Bertz CT molecular complexity index is 1010. The molecule has 3 aromatic rings. The Kier molecular flexibility index (Phi) is 7.23. The number of likely N-dealkylation sites (tertiary alicyclic amines) is 1. The van der Waals surface area contributed by atoms with Gasteiger partial charge in [-0.25, -0.2) is 0 Å². The average Bonchev–Trinajstić information content (AvgIpc) is 2.84. The Morgan fingerprint density at radius 1 is 0.906 bits per heavy atom. The van der Waals surface area contributed by atoms with Gasteiger partial charge >= 0.3 is 0 Å². The summed E-state index contributed by atoms with van der Waals surface area (Å²) in [7, 11) is 4.09. The molecule has 1 saturated heterocycles. The number of carbonyl (C=O) groups excluding carboxylic acids is 1. The van der Waals surface area contributed by atoms with Gasteiger partial charge in [-0.3, -0.25) is 4.79 Å². The molecule has 0 spiro atoms. The lowest BCUT2D eigenvalue weighted by Gasteiger charge is -2.32. The third-order valence-corrected chi connectivity index (χ3v) is 6.12. The number of benzene rings is 3. The number of piperidine rings is 1. The molecule has 0 aromatic heterocycles. The molecule has 32 heavy (non-hydrogen) atoms. The predicted octanol–water partition coefficient (Wildman–Crippen LogP) is 5.20. The van der Waals surface area contributed by atoms with Crippen LogP contribution in [0.4, 0.5) is 0 Å². The maximum atomic E-state index is 12.8. The highest BCUT2D eigenvalue weighted by molar-refractivity contribution is 5.78. The lowest BCUT2D eigenvalue weighted by molar-refractivity contribution is -0.134. The van der Waals surface area contributed by atoms with Crippen LogP contribution in [0.2, 0.25) is 0 Å². The number of hydrogen-bond acceptors (Lipinski definition) is 3. The van der Waals surface area contributed by atoms with Crippen molar-refractivity contribution >= 4 is 5.91 Å². The summed E-state index contributed by atoms with van der Waals surface area (Å²) in [6.45, 7) is 2.42. The van der Waals surface area contributed by atoms with E-state index in [1.54, 1.807) is 0 Å². The van der Waals surface area contributed by atoms with Gasteiger partial charge < -0.3 is 14.5 Å². The molecule has 166 valence electrons. The molecule has 0 radical (unpaired) electrons. The van der Waals surface area contributed by atoms with E-state index in [-0.39, 0.29) is 12.5 Å². The molecule has 4 nitrogen and oxygen atoms in total. The van der Waals surface area contributed by atoms with Crippen molar-refractivity contribution in [2.75, 3.05) is 33.8 Å². The van der Waals surface area contributed by atoms with Crippen LogP contribution in [0, 0.1) is 0 Å². The van der Waals surface area contributed by atoms with Gasteiger partial charge in [0.1, 0.15) is 5.75 Å². The summed E-state index contributed by atoms with van der Waals surface area (Å²) in [6.07, 6.45) is 2.01. The molecule has 1 amide bonds. The van der Waals surface area contributed by atoms with Gasteiger partial charge in [-0.15, -0.1) is 0 Å². The summed E-state index contributed by atoms with van der Waals surface area (Å²) >= 11 is 0. The molecule has 0 bridgehead atoms. The van der Waals surface area contributed by atoms with E-state index in [2.05, 4.69) is 59.5 Å². The summed E-state index contributed by atoms with van der Waals surface area (Å²) in [5, 5.41) is 0. The molecule has 0 aliphatic carbocycles. The Hall–Kier alpha value is -3.11. The van der Waals surface area contributed by atoms with Crippen LogP contribution < -0.4 is 4.74 Å². The SMILES string of the molecule is CN(C)Cc1cc(-c2ccccc2)ccc1OCC(=O)N1CCC(c2ccccc2)CC1. The Morgan fingerprint density at radius 3 is 2.22 bits per heavy atom. The minimum atomic E-state index is 0.0689. The molecule has 1 fully saturated rings. The molecule has 0 atom stereocenters. The minimum Gasteiger partial charge on any atom is -0.483 e. The third-order valence-electron chi connectivity index (χ3n) is 6.12. The zero-order chi connectivity index (χ0) is 22.3. The fourth-order valence-corrected chi connectivity index (χ4v) is 4.41. The van der Waals surface area contributed by atoms with E-state index in [4.69, 9.17) is 4.74 Å². The van der Waals surface area contributed by atoms with E-state index in [0.29, 0.717) is 5.92 Å². The van der Waals surface area contributed by atoms with Crippen LogP contribution >= 0.6 is 0 Å². The summed E-state index contributed by atoms with van der Waals surface area (Å²) in [5.74, 6) is 1.39. The van der Waals surface area contributed by atoms with E-state index in [9.17, 15) is 4.79 Å². The van der Waals surface area contributed by atoms with E-state index < -0.39 is 0 Å². The first-order valence-corrected chi connectivity index (χ1v) is 11.4. The zero-order valence-electron chi connectivity index (χ0n) is 19.0. The number of carbonyl (C=O) groups is 1. The largest absolute Gasteiger partial charge is 0.483 e. The average molecular weight is 429 g/mol. The van der Waals surface area contributed by atoms with Crippen molar-refractivity contribution in [2.24, 2.45) is 0 Å². The summed E-state index contributed by atoms with van der Waals surface area (Å²) in [5.41, 5.74) is 4.80. The minimum absolute atomic E-state index is 0.0689. The van der Waals surface area contributed by atoms with Crippen LogP contribution in [-0.2, 0) is 11.3 Å². The van der Waals surface area contributed by atoms with Gasteiger partial charge in [0, 0.05) is 25.2 Å². The standard InChI is InChI=1S/C28H32N2O2/c1-29(2)20-26-19-25(23-11-7-4-8-12-23)13-14-27(26)32-21-28(31)30-17-15-24(16-18-30)22-9-5-3-6-10-22/h3-14,19,24H,15-18,20-21H2,1-2H3. The lowest BCUT2D eigenvalue weighted by atomic mass is 9.89. The normalized spacial score (nSPS) is 14.5. The highest BCUT2D eigenvalue weighted by Gasteiger charge is 2.24. The lowest BCUT2D eigenvalue weighted by Crippen LogP contribution is -2.40. The maximum absolute atomic E-state index is 12.8. The second kappa shape index (κ2) is 10.5. The van der Waals surface area contributed by atoms with Crippen molar-refractivity contribution in [3.05, 3.63) is 90.0 Å². The second-order valence-corrected chi connectivity index (χ2v) is 8.78. The summed E-state index contributed by atoms with van der Waals surface area (Å²) in [6, 6.07) is 27.2. The van der Waals surface area contributed by atoms with Gasteiger partial charge in [0.2, 0.25) is 0 Å². The number of nitrogens with zero attached hydrogens (tertiary/aromatic N) is 2. The van der Waals surface area contributed by atoms with Crippen LogP contribution in [0.15, 0.2) is 78.9 Å². The van der Waals surface area contributed by atoms with Crippen molar-refractivity contribution < 1.29 is 9.53 Å². The van der Waals surface area contributed by atoms with Crippen LogP contribution in [0.5, 0.6) is 5.75 Å². The molecular formula is C28H32N2O2. The van der Waals surface area contributed by atoms with E-state index >= 15 is 0 Å². The van der Waals surface area contributed by atoms with Gasteiger partial charge in [-0.05, 0) is 61.7 Å². The van der Waals surface area contributed by atoms with Gasteiger partial charge in [-0.2, -0.15) is 0 Å². The fourth-order valence-electron chi connectivity index (χ4n) is 4.41. The third kappa shape index (κ3) is 5.57. The molecule has 4 heteroatoms. The highest BCUT2D eigenvalue weighted by atomic mass is 16.5. The van der Waals surface area contributed by atoms with Gasteiger partial charge in [-0.1, -0.05) is 66.7 Å². The number of rotatable bonds is 7. The molecule has 1 heterocycles. The van der Waals surface area contributed by atoms with E-state index in [1.165, 1.54) is 11.1 Å². The molecule has 0 N–H and O–H groups in total. The van der Waals surface area contributed by atoms with Crippen molar-refractivity contribution in [1.29, 1.82) is 0 Å². The van der Waals surface area contributed by atoms with Crippen LogP contribution in [-0.4, -0.2) is 49.5 Å². The van der Waals surface area contributed by atoms with Crippen LogP contribution in [0.3, 0.4) is 0 Å². The number of amides is 1. The molecule has 1 aliphatic heterocycles. The summed E-state index contributed by atoms with van der Waals surface area (Å²) < 4.78 is 6.04. The number of hydrogen-bond donors (Lipinski definition) is 0. The molecule has 4 rings (SSSR count). The highest BCUT2D eigenvalue weighted by Crippen LogP contribution is 2.29. The van der Waals surface area contributed by atoms with E-state index in [1.807, 2.05) is 43.3 Å². The zero-order valence-corrected chi connectivity index (χ0v) is 19.0. The number of ether oxygens (including phenoxy) is 1. The molecule has 0 saturated carbocycles. The molecule has 1 aliphatic rings. The Morgan fingerprint density at radius 2 is 1.56 bits per heavy atom. The van der Waals surface area contributed by atoms with Crippen molar-refractivity contribution in [3.63, 3.8) is 0 Å². The second-order valence-electron chi connectivity index (χ2n) is 8.78. The van der Waals surface area contributed by atoms with Crippen LogP contribution in [0.1, 0.15) is 29.9 Å². The van der Waals surface area contributed by atoms with Gasteiger partial charge in [0.25, 0.3) is 5.91 Å². The maximum Gasteiger partial charge on any atom is 0.260 e. The first kappa shape index (κ1) is 22.1. The van der Waals surface area contributed by atoms with Gasteiger partial charge in [0.05, 0.1) is 0 Å². The first-order valence-electron chi connectivity index (χ1n) is 11.4. The smallest absolute Gasteiger partial charge is 0.260 e. The van der Waals surface area contributed by atoms with Crippen molar-refractivity contribution in [1.82, 2.24) is 9.80 Å². The quantitative estimate of drug-likeness (QED) is 0.519. The topological polar surface area (TPSA) is 32.8 Å². The molecule has 0 unspecified atom stereocenters. The van der Waals surface area contributed by atoms with Crippen LogP contribution in [0.25, 0.3) is 11.1 Å². The van der Waals surface area contributed by atoms with Gasteiger partial charge in [0.15, 0.2) is 6.61 Å². The Labute approximate surface area is 191 Å². The summed E-state index contributed by atoms with van der Waals surface area (Å²) in [4.78, 5) is 16.9. The monoisotopic (exact) mass is 428 g/mol. The first-order chi connectivity index (χ1) is 15.6. The fraction of sp³-hybridized carbons (Fsp3) is 0.321. The predicted molar refractivity (Wildman–Crippen MR) is 130 cm³/mol. The molecule has 3 aromatic carbocycles. The Balaban J connectivity index is 1.38. The van der Waals surface area contributed by atoms with E-state index in [0.717, 1.165) is 49.4 Å². The molecular weight excluding hydrogens is 396 g/mol. The van der Waals surface area contributed by atoms with Crippen molar-refractivity contribution in [3.8, 4) is 16.9 Å². The van der Waals surface area contributed by atoms with Crippen molar-refractivity contribution in [2.45, 2.75) is 25.3 Å².